The number of hydrogen-bond acceptors (Lipinski definition) is 4. The molecular weight excluding hydrogens is 318 g/mol. The first-order chi connectivity index (χ1) is 9.67. The highest BCUT2D eigenvalue weighted by atomic mass is 79.9. The standard InChI is InChI=1S/C15H20BrN3O/c1-4-9-17-13(5-2)15-19-18-14(20-15)11-7-6-8-12(16)10(11)3/h6-8,13,17H,4-5,9H2,1-3H3. The van der Waals surface area contributed by atoms with Crippen LogP contribution in [0.15, 0.2) is 27.1 Å². The first-order valence-corrected chi connectivity index (χ1v) is 7.78. The van der Waals surface area contributed by atoms with Crippen LogP contribution in [0.5, 0.6) is 0 Å². The molecule has 0 fully saturated rings. The van der Waals surface area contributed by atoms with Crippen molar-refractivity contribution in [2.24, 2.45) is 0 Å². The van der Waals surface area contributed by atoms with E-state index in [2.05, 4.69) is 45.3 Å². The largest absolute Gasteiger partial charge is 0.419 e. The van der Waals surface area contributed by atoms with Crippen molar-refractivity contribution in [3.63, 3.8) is 0 Å². The molecular formula is C15H20BrN3O. The summed E-state index contributed by atoms with van der Waals surface area (Å²) >= 11 is 3.52. The highest BCUT2D eigenvalue weighted by Gasteiger charge is 2.18. The van der Waals surface area contributed by atoms with Gasteiger partial charge >= 0.3 is 0 Å². The number of hydrogen-bond donors (Lipinski definition) is 1. The van der Waals surface area contributed by atoms with E-state index in [9.17, 15) is 0 Å². The van der Waals surface area contributed by atoms with E-state index in [1.165, 1.54) is 0 Å². The van der Waals surface area contributed by atoms with Gasteiger partial charge in [0.05, 0.1) is 6.04 Å². The normalized spacial score (nSPS) is 12.6. The summed E-state index contributed by atoms with van der Waals surface area (Å²) in [6, 6.07) is 6.11. The Morgan fingerprint density at radius 1 is 1.30 bits per heavy atom. The fourth-order valence-electron chi connectivity index (χ4n) is 2.05. The molecule has 20 heavy (non-hydrogen) atoms. The summed E-state index contributed by atoms with van der Waals surface area (Å²) in [7, 11) is 0. The molecule has 1 aromatic carbocycles. The van der Waals surface area contributed by atoms with Crippen molar-refractivity contribution in [1.82, 2.24) is 15.5 Å². The van der Waals surface area contributed by atoms with Crippen molar-refractivity contribution in [3.05, 3.63) is 34.1 Å². The number of nitrogens with one attached hydrogen (secondary N) is 1. The van der Waals surface area contributed by atoms with Crippen molar-refractivity contribution in [1.29, 1.82) is 0 Å². The average molecular weight is 338 g/mol. The number of nitrogens with zero attached hydrogens (tertiary/aromatic N) is 2. The summed E-state index contributed by atoms with van der Waals surface area (Å²) in [6.45, 7) is 7.24. The Bertz CT molecular complexity index is 568. The van der Waals surface area contributed by atoms with Gasteiger partial charge in [0.25, 0.3) is 0 Å². The molecule has 1 unspecified atom stereocenters. The Balaban J connectivity index is 2.26. The summed E-state index contributed by atoms with van der Waals surface area (Å²) < 4.78 is 6.90. The zero-order chi connectivity index (χ0) is 14.5. The molecule has 0 saturated carbocycles. The SMILES string of the molecule is CCCNC(CC)c1nnc(-c2cccc(Br)c2C)o1. The Labute approximate surface area is 128 Å². The Hall–Kier alpha value is -1.20. The topological polar surface area (TPSA) is 51.0 Å². The van der Waals surface area contributed by atoms with Gasteiger partial charge in [-0.15, -0.1) is 10.2 Å². The third-order valence-corrected chi connectivity index (χ3v) is 4.14. The number of halogens is 1. The molecule has 1 heterocycles. The van der Waals surface area contributed by atoms with Gasteiger partial charge in [-0.2, -0.15) is 0 Å². The van der Waals surface area contributed by atoms with Gasteiger partial charge in [-0.1, -0.05) is 35.8 Å². The van der Waals surface area contributed by atoms with Crippen LogP contribution >= 0.6 is 15.9 Å². The lowest BCUT2D eigenvalue weighted by Crippen LogP contribution is -2.21. The van der Waals surface area contributed by atoms with Gasteiger partial charge in [0, 0.05) is 10.0 Å². The van der Waals surface area contributed by atoms with Crippen LogP contribution < -0.4 is 5.32 Å². The molecule has 0 bridgehead atoms. The molecule has 108 valence electrons. The molecule has 0 radical (unpaired) electrons. The van der Waals surface area contributed by atoms with Crippen LogP contribution in [-0.2, 0) is 0 Å². The summed E-state index contributed by atoms with van der Waals surface area (Å²) in [6.07, 6.45) is 2.02. The van der Waals surface area contributed by atoms with Crippen molar-refractivity contribution in [2.45, 2.75) is 39.7 Å². The summed E-state index contributed by atoms with van der Waals surface area (Å²) in [4.78, 5) is 0. The molecule has 2 rings (SSSR count). The van der Waals surface area contributed by atoms with Crippen molar-refractivity contribution in [2.75, 3.05) is 6.54 Å². The summed E-state index contributed by atoms with van der Waals surface area (Å²) in [5, 5.41) is 11.8. The second-order valence-electron chi connectivity index (χ2n) is 4.77. The van der Waals surface area contributed by atoms with Crippen molar-refractivity contribution < 1.29 is 4.42 Å². The molecule has 1 atom stereocenters. The molecule has 0 aliphatic carbocycles. The van der Waals surface area contributed by atoms with E-state index < -0.39 is 0 Å². The molecule has 0 amide bonds. The maximum absolute atomic E-state index is 5.85. The van der Waals surface area contributed by atoms with E-state index in [4.69, 9.17) is 4.42 Å². The number of rotatable bonds is 6. The van der Waals surface area contributed by atoms with E-state index in [1.54, 1.807) is 0 Å². The smallest absolute Gasteiger partial charge is 0.248 e. The second kappa shape index (κ2) is 6.99. The monoisotopic (exact) mass is 337 g/mol. The second-order valence-corrected chi connectivity index (χ2v) is 5.63. The van der Waals surface area contributed by atoms with Crippen LogP contribution in [-0.4, -0.2) is 16.7 Å². The molecule has 5 heteroatoms. The zero-order valence-electron chi connectivity index (χ0n) is 12.1. The molecule has 1 N–H and O–H groups in total. The average Bonchev–Trinajstić information content (AvgIpc) is 2.92. The molecule has 1 aromatic heterocycles. The van der Waals surface area contributed by atoms with Crippen molar-refractivity contribution >= 4 is 15.9 Å². The van der Waals surface area contributed by atoms with Crippen LogP contribution in [0.25, 0.3) is 11.5 Å². The summed E-state index contributed by atoms with van der Waals surface area (Å²) in [5.41, 5.74) is 2.08. The third-order valence-electron chi connectivity index (χ3n) is 3.29. The summed E-state index contributed by atoms with van der Waals surface area (Å²) in [5.74, 6) is 1.24. The predicted octanol–water partition coefficient (Wildman–Crippen LogP) is 4.26. The molecule has 0 saturated heterocycles. The third kappa shape index (κ3) is 3.27. The molecule has 0 aliphatic heterocycles. The highest BCUT2D eigenvalue weighted by Crippen LogP contribution is 2.29. The van der Waals surface area contributed by atoms with Gasteiger partial charge in [-0.05, 0) is 44.0 Å². The van der Waals surface area contributed by atoms with Gasteiger partial charge in [-0.3, -0.25) is 0 Å². The van der Waals surface area contributed by atoms with Gasteiger partial charge in [0.2, 0.25) is 11.8 Å². The van der Waals surface area contributed by atoms with E-state index >= 15 is 0 Å². The minimum atomic E-state index is 0.128. The lowest BCUT2D eigenvalue weighted by atomic mass is 10.1. The molecule has 0 aliphatic rings. The minimum absolute atomic E-state index is 0.128. The Kier molecular flexibility index (Phi) is 5.31. The van der Waals surface area contributed by atoms with Gasteiger partial charge in [0.15, 0.2) is 0 Å². The lowest BCUT2D eigenvalue weighted by Gasteiger charge is -2.11. The fourth-order valence-corrected chi connectivity index (χ4v) is 2.41. The van der Waals surface area contributed by atoms with Crippen molar-refractivity contribution in [3.8, 4) is 11.5 Å². The highest BCUT2D eigenvalue weighted by molar-refractivity contribution is 9.10. The van der Waals surface area contributed by atoms with E-state index in [-0.39, 0.29) is 6.04 Å². The van der Waals surface area contributed by atoms with E-state index in [0.717, 1.165) is 35.0 Å². The Morgan fingerprint density at radius 3 is 2.80 bits per heavy atom. The maximum Gasteiger partial charge on any atom is 0.248 e. The van der Waals surface area contributed by atoms with Crippen LogP contribution in [0.2, 0.25) is 0 Å². The van der Waals surface area contributed by atoms with Gasteiger partial charge in [0.1, 0.15) is 0 Å². The Morgan fingerprint density at radius 2 is 2.10 bits per heavy atom. The minimum Gasteiger partial charge on any atom is -0.419 e. The molecule has 0 spiro atoms. The predicted molar refractivity (Wildman–Crippen MR) is 83.5 cm³/mol. The van der Waals surface area contributed by atoms with Crippen LogP contribution in [0.1, 0.15) is 44.2 Å². The number of benzene rings is 1. The lowest BCUT2D eigenvalue weighted by molar-refractivity contribution is 0.396. The van der Waals surface area contributed by atoms with Crippen LogP contribution in [0.3, 0.4) is 0 Å². The fraction of sp³-hybridized carbons (Fsp3) is 0.467. The first-order valence-electron chi connectivity index (χ1n) is 6.99. The maximum atomic E-state index is 5.85. The quantitative estimate of drug-likeness (QED) is 0.855. The number of aromatic nitrogens is 2. The van der Waals surface area contributed by atoms with E-state index in [1.807, 2.05) is 25.1 Å². The first kappa shape index (κ1) is 15.2. The molecule has 2 aromatic rings. The van der Waals surface area contributed by atoms with Crippen LogP contribution in [0, 0.1) is 6.92 Å². The molecule has 4 nitrogen and oxygen atoms in total. The van der Waals surface area contributed by atoms with Gasteiger partial charge in [-0.25, -0.2) is 0 Å². The van der Waals surface area contributed by atoms with Gasteiger partial charge < -0.3 is 9.73 Å². The van der Waals surface area contributed by atoms with Crippen LogP contribution in [0.4, 0.5) is 0 Å². The zero-order valence-corrected chi connectivity index (χ0v) is 13.7. The van der Waals surface area contributed by atoms with E-state index in [0.29, 0.717) is 11.8 Å².